The SMILES string of the molecule is O=C(COc1ccc(/C=N\NC(=O)C(=O)NC2CC2)cc1Cl)Nc1cccc(C(F)(F)F)c1. The van der Waals surface area contributed by atoms with Crippen molar-refractivity contribution in [1.82, 2.24) is 10.7 Å². The third-order valence-electron chi connectivity index (χ3n) is 4.29. The monoisotopic (exact) mass is 482 g/mol. The molecule has 0 heterocycles. The molecular formula is C21H18ClF3N4O4. The summed E-state index contributed by atoms with van der Waals surface area (Å²) in [5.41, 5.74) is 1.66. The first-order valence-electron chi connectivity index (χ1n) is 9.65. The molecule has 33 heavy (non-hydrogen) atoms. The lowest BCUT2D eigenvalue weighted by atomic mass is 10.2. The van der Waals surface area contributed by atoms with Crippen LogP contribution in [0.3, 0.4) is 0 Å². The molecule has 3 rings (SSSR count). The van der Waals surface area contributed by atoms with Gasteiger partial charge in [0.25, 0.3) is 5.91 Å². The maximum Gasteiger partial charge on any atom is 0.416 e. The first kappa shape index (κ1) is 24.1. The van der Waals surface area contributed by atoms with Gasteiger partial charge >= 0.3 is 18.0 Å². The predicted octanol–water partition coefficient (Wildman–Crippen LogP) is 3.11. The number of hydrogen-bond acceptors (Lipinski definition) is 5. The molecule has 0 saturated heterocycles. The molecule has 0 aromatic heterocycles. The van der Waals surface area contributed by atoms with E-state index in [4.69, 9.17) is 16.3 Å². The van der Waals surface area contributed by atoms with Crippen LogP contribution in [0.5, 0.6) is 5.75 Å². The normalized spacial score (nSPS) is 13.5. The van der Waals surface area contributed by atoms with Gasteiger partial charge in [0.15, 0.2) is 6.61 Å². The number of nitrogens with zero attached hydrogens (tertiary/aromatic N) is 1. The molecule has 8 nitrogen and oxygen atoms in total. The molecule has 1 aliphatic rings. The fraction of sp³-hybridized carbons (Fsp3) is 0.238. The Bertz CT molecular complexity index is 1090. The highest BCUT2D eigenvalue weighted by atomic mass is 35.5. The molecule has 0 spiro atoms. The number of rotatable bonds is 7. The van der Waals surface area contributed by atoms with E-state index in [2.05, 4.69) is 21.2 Å². The number of carbonyl (C=O) groups excluding carboxylic acids is 3. The van der Waals surface area contributed by atoms with Gasteiger partial charge in [0.05, 0.1) is 16.8 Å². The number of carbonyl (C=O) groups is 3. The van der Waals surface area contributed by atoms with Gasteiger partial charge in [-0.05, 0) is 54.8 Å². The number of amides is 3. The van der Waals surface area contributed by atoms with E-state index >= 15 is 0 Å². The summed E-state index contributed by atoms with van der Waals surface area (Å²) in [7, 11) is 0. The van der Waals surface area contributed by atoms with Crippen LogP contribution in [-0.4, -0.2) is 36.6 Å². The van der Waals surface area contributed by atoms with Crippen LogP contribution in [0.2, 0.25) is 5.02 Å². The second-order valence-corrected chi connectivity index (χ2v) is 7.46. The highest BCUT2D eigenvalue weighted by Crippen LogP contribution is 2.30. The first-order valence-corrected chi connectivity index (χ1v) is 10.0. The Morgan fingerprint density at radius 1 is 1.12 bits per heavy atom. The van der Waals surface area contributed by atoms with E-state index in [9.17, 15) is 27.6 Å². The van der Waals surface area contributed by atoms with Crippen molar-refractivity contribution in [2.45, 2.75) is 25.1 Å². The minimum atomic E-state index is -4.53. The molecule has 0 bridgehead atoms. The van der Waals surface area contributed by atoms with Crippen molar-refractivity contribution in [2.24, 2.45) is 5.10 Å². The molecule has 2 aromatic carbocycles. The number of benzene rings is 2. The van der Waals surface area contributed by atoms with E-state index < -0.39 is 36.1 Å². The molecule has 1 aliphatic carbocycles. The van der Waals surface area contributed by atoms with E-state index in [0.717, 1.165) is 25.0 Å². The second-order valence-electron chi connectivity index (χ2n) is 7.05. The zero-order valence-electron chi connectivity index (χ0n) is 16.9. The van der Waals surface area contributed by atoms with Gasteiger partial charge in [-0.1, -0.05) is 17.7 Å². The van der Waals surface area contributed by atoms with Crippen LogP contribution in [0.25, 0.3) is 0 Å². The standard InChI is InChI=1S/C21H18ClF3N4O4/c22-16-8-12(10-26-29-20(32)19(31)28-14-5-6-14)4-7-17(16)33-11-18(30)27-15-3-1-2-13(9-15)21(23,24)25/h1-4,7-10,14H,5-6,11H2,(H,27,30)(H,28,31)(H,29,32)/b26-10-. The smallest absolute Gasteiger partial charge is 0.416 e. The Kier molecular flexibility index (Phi) is 7.54. The number of ether oxygens (including phenoxy) is 1. The Hall–Kier alpha value is -3.60. The first-order chi connectivity index (χ1) is 15.6. The van der Waals surface area contributed by atoms with Crippen LogP contribution in [0.4, 0.5) is 18.9 Å². The zero-order valence-corrected chi connectivity index (χ0v) is 17.7. The fourth-order valence-electron chi connectivity index (χ4n) is 2.52. The summed E-state index contributed by atoms with van der Waals surface area (Å²) in [5.74, 6) is -2.18. The summed E-state index contributed by atoms with van der Waals surface area (Å²) in [4.78, 5) is 35.1. The molecule has 2 aromatic rings. The van der Waals surface area contributed by atoms with Gasteiger partial charge in [-0.15, -0.1) is 0 Å². The summed E-state index contributed by atoms with van der Waals surface area (Å²) in [6.07, 6.45) is -1.57. The number of nitrogens with one attached hydrogen (secondary N) is 3. The van der Waals surface area contributed by atoms with Crippen LogP contribution in [0, 0.1) is 0 Å². The van der Waals surface area contributed by atoms with Crippen molar-refractivity contribution in [3.8, 4) is 5.75 Å². The Morgan fingerprint density at radius 2 is 1.88 bits per heavy atom. The number of hydrogen-bond donors (Lipinski definition) is 3. The van der Waals surface area contributed by atoms with Gasteiger partial charge in [0, 0.05) is 11.7 Å². The van der Waals surface area contributed by atoms with Crippen LogP contribution < -0.4 is 20.8 Å². The molecule has 174 valence electrons. The van der Waals surface area contributed by atoms with E-state index in [-0.39, 0.29) is 22.5 Å². The van der Waals surface area contributed by atoms with Crippen molar-refractivity contribution in [2.75, 3.05) is 11.9 Å². The Balaban J connectivity index is 1.49. The van der Waals surface area contributed by atoms with Crippen LogP contribution >= 0.6 is 11.6 Å². The highest BCUT2D eigenvalue weighted by Gasteiger charge is 2.30. The lowest BCUT2D eigenvalue weighted by Gasteiger charge is -2.11. The molecule has 3 amide bonds. The predicted molar refractivity (Wildman–Crippen MR) is 114 cm³/mol. The highest BCUT2D eigenvalue weighted by molar-refractivity contribution is 6.35. The molecule has 1 fully saturated rings. The molecule has 0 radical (unpaired) electrons. The molecule has 0 aliphatic heterocycles. The van der Waals surface area contributed by atoms with Crippen molar-refractivity contribution < 1.29 is 32.3 Å². The minimum Gasteiger partial charge on any atom is -0.482 e. The van der Waals surface area contributed by atoms with Crippen molar-refractivity contribution in [1.29, 1.82) is 0 Å². The number of hydrazone groups is 1. The van der Waals surface area contributed by atoms with Gasteiger partial charge in [-0.3, -0.25) is 14.4 Å². The zero-order chi connectivity index (χ0) is 24.0. The topological polar surface area (TPSA) is 109 Å². The molecule has 0 atom stereocenters. The van der Waals surface area contributed by atoms with Gasteiger partial charge in [0.1, 0.15) is 5.75 Å². The number of alkyl halides is 3. The second kappa shape index (κ2) is 10.3. The van der Waals surface area contributed by atoms with Crippen LogP contribution in [-0.2, 0) is 20.6 Å². The van der Waals surface area contributed by atoms with Gasteiger partial charge in [0.2, 0.25) is 0 Å². The Morgan fingerprint density at radius 3 is 2.55 bits per heavy atom. The van der Waals surface area contributed by atoms with Gasteiger partial charge in [-0.2, -0.15) is 18.3 Å². The fourth-order valence-corrected chi connectivity index (χ4v) is 2.77. The average Bonchev–Trinajstić information content (AvgIpc) is 3.56. The van der Waals surface area contributed by atoms with Crippen molar-refractivity contribution in [3.05, 3.63) is 58.6 Å². The largest absolute Gasteiger partial charge is 0.482 e. The third-order valence-corrected chi connectivity index (χ3v) is 4.58. The molecule has 12 heteroatoms. The summed E-state index contributed by atoms with van der Waals surface area (Å²) < 4.78 is 43.6. The minimum absolute atomic E-state index is 0.0241. The molecule has 3 N–H and O–H groups in total. The number of anilines is 1. The van der Waals surface area contributed by atoms with E-state index in [1.165, 1.54) is 36.5 Å². The summed E-state index contributed by atoms with van der Waals surface area (Å²) in [5, 5.41) is 8.64. The van der Waals surface area contributed by atoms with E-state index in [1.54, 1.807) is 0 Å². The maximum atomic E-state index is 12.8. The molecular weight excluding hydrogens is 465 g/mol. The summed E-state index contributed by atoms with van der Waals surface area (Å²) >= 11 is 6.11. The lowest BCUT2D eigenvalue weighted by molar-refractivity contribution is -0.139. The van der Waals surface area contributed by atoms with Crippen molar-refractivity contribution >= 4 is 41.2 Å². The maximum absolute atomic E-state index is 12.8. The average molecular weight is 483 g/mol. The van der Waals surface area contributed by atoms with Crippen LogP contribution in [0.15, 0.2) is 47.6 Å². The van der Waals surface area contributed by atoms with Gasteiger partial charge in [-0.25, -0.2) is 5.43 Å². The van der Waals surface area contributed by atoms with E-state index in [0.29, 0.717) is 5.56 Å². The molecule has 0 unspecified atom stereocenters. The summed E-state index contributed by atoms with van der Waals surface area (Å²) in [6.45, 7) is -0.491. The molecule has 1 saturated carbocycles. The van der Waals surface area contributed by atoms with Gasteiger partial charge < -0.3 is 15.4 Å². The Labute approximate surface area is 191 Å². The van der Waals surface area contributed by atoms with Crippen LogP contribution in [0.1, 0.15) is 24.0 Å². The summed E-state index contributed by atoms with van der Waals surface area (Å²) in [6, 6.07) is 8.68. The van der Waals surface area contributed by atoms with Crippen molar-refractivity contribution in [3.63, 3.8) is 0 Å². The number of halogens is 4. The third kappa shape index (κ3) is 7.49. The lowest BCUT2D eigenvalue weighted by Crippen LogP contribution is -2.38. The quantitative estimate of drug-likeness (QED) is 0.320. The van der Waals surface area contributed by atoms with E-state index in [1.807, 2.05) is 0 Å².